The van der Waals surface area contributed by atoms with E-state index >= 15 is 0 Å². The number of piperidine rings is 1. The molecule has 8 heteroatoms. The molecule has 0 aromatic heterocycles. The average molecular weight is 434 g/mol. The second-order valence-corrected chi connectivity index (χ2v) is 7.64. The normalized spacial score (nSPS) is 17.4. The fourth-order valence-corrected chi connectivity index (χ4v) is 3.82. The van der Waals surface area contributed by atoms with Gasteiger partial charge in [0.2, 0.25) is 5.91 Å². The fraction of sp³-hybridized carbons (Fsp3) is 0.391. The quantitative estimate of drug-likeness (QED) is 0.673. The van der Waals surface area contributed by atoms with Crippen molar-refractivity contribution in [1.82, 2.24) is 9.80 Å². The highest BCUT2D eigenvalue weighted by molar-refractivity contribution is 5.97. The zero-order valence-electron chi connectivity index (χ0n) is 17.4. The molecule has 1 saturated heterocycles. The minimum Gasteiger partial charge on any atom is -0.434 e. The molecule has 0 radical (unpaired) electrons. The summed E-state index contributed by atoms with van der Waals surface area (Å²) in [5.41, 5.74) is 0.850. The molecule has 2 atom stereocenters. The first kappa shape index (κ1) is 22.7. The lowest BCUT2D eigenvalue weighted by molar-refractivity contribution is -0.137. The molecule has 2 aromatic rings. The molecule has 0 bridgehead atoms. The van der Waals surface area contributed by atoms with E-state index in [4.69, 9.17) is 0 Å². The van der Waals surface area contributed by atoms with Crippen LogP contribution in [0.3, 0.4) is 0 Å². The van der Waals surface area contributed by atoms with Crippen LogP contribution in [0.1, 0.15) is 41.7 Å². The molecule has 0 saturated carbocycles. The van der Waals surface area contributed by atoms with Crippen molar-refractivity contribution in [3.05, 3.63) is 65.5 Å². The van der Waals surface area contributed by atoms with E-state index in [0.717, 1.165) is 5.56 Å². The van der Waals surface area contributed by atoms with E-state index in [9.17, 15) is 22.8 Å². The van der Waals surface area contributed by atoms with Gasteiger partial charge in [0.25, 0.3) is 5.91 Å². The molecule has 3 rings (SSSR count). The Morgan fingerprint density at radius 3 is 2.48 bits per heavy atom. The lowest BCUT2D eigenvalue weighted by Gasteiger charge is -2.36. The lowest BCUT2D eigenvalue weighted by atomic mass is 9.94. The molecule has 2 amide bonds. The van der Waals surface area contributed by atoms with Crippen molar-refractivity contribution in [2.75, 3.05) is 20.1 Å². The zero-order chi connectivity index (χ0) is 22.5. The molecule has 1 aliphatic rings. The van der Waals surface area contributed by atoms with E-state index in [1.807, 2.05) is 6.92 Å². The van der Waals surface area contributed by atoms with Crippen molar-refractivity contribution in [1.29, 1.82) is 0 Å². The highest BCUT2D eigenvalue weighted by atomic mass is 19.3. The summed E-state index contributed by atoms with van der Waals surface area (Å²) >= 11 is 0. The summed E-state index contributed by atoms with van der Waals surface area (Å²) in [6, 6.07) is 11.6. The number of alkyl halides is 2. The van der Waals surface area contributed by atoms with E-state index in [1.54, 1.807) is 30.1 Å². The minimum atomic E-state index is -3.04. The van der Waals surface area contributed by atoms with Crippen LogP contribution < -0.4 is 4.74 Å². The Balaban J connectivity index is 1.70. The van der Waals surface area contributed by atoms with E-state index in [-0.39, 0.29) is 35.6 Å². The van der Waals surface area contributed by atoms with Gasteiger partial charge in [-0.2, -0.15) is 8.78 Å². The van der Waals surface area contributed by atoms with Gasteiger partial charge in [0, 0.05) is 20.1 Å². The van der Waals surface area contributed by atoms with Crippen molar-refractivity contribution in [2.24, 2.45) is 5.92 Å². The molecule has 166 valence electrons. The smallest absolute Gasteiger partial charge is 0.387 e. The highest BCUT2D eigenvalue weighted by Gasteiger charge is 2.33. The number of benzene rings is 2. The van der Waals surface area contributed by atoms with E-state index < -0.39 is 18.4 Å². The molecule has 0 N–H and O–H groups in total. The maximum Gasteiger partial charge on any atom is 0.387 e. The third-order valence-corrected chi connectivity index (χ3v) is 5.67. The van der Waals surface area contributed by atoms with Gasteiger partial charge < -0.3 is 14.5 Å². The number of ether oxygens (including phenoxy) is 1. The SMILES string of the molecule is CC(c1ccc(F)cc1)N(C)C(=O)C1CCCN(C(=O)c2ccccc2OC(F)F)C1. The number of halogens is 3. The van der Waals surface area contributed by atoms with Gasteiger partial charge in [-0.1, -0.05) is 24.3 Å². The summed E-state index contributed by atoms with van der Waals surface area (Å²) in [6.07, 6.45) is 1.25. The van der Waals surface area contributed by atoms with E-state index in [1.165, 1.54) is 35.2 Å². The largest absolute Gasteiger partial charge is 0.434 e. The number of para-hydroxylation sites is 1. The average Bonchev–Trinajstić information content (AvgIpc) is 2.77. The molecule has 5 nitrogen and oxygen atoms in total. The van der Waals surface area contributed by atoms with E-state index in [2.05, 4.69) is 4.74 Å². The molecule has 0 aliphatic carbocycles. The first-order valence-corrected chi connectivity index (χ1v) is 10.1. The van der Waals surface area contributed by atoms with Crippen LogP contribution in [0.25, 0.3) is 0 Å². The number of nitrogens with zero attached hydrogens (tertiary/aromatic N) is 2. The van der Waals surface area contributed by atoms with Crippen molar-refractivity contribution in [3.8, 4) is 5.75 Å². The molecule has 1 aliphatic heterocycles. The number of carbonyl (C=O) groups excluding carboxylic acids is 2. The summed E-state index contributed by atoms with van der Waals surface area (Å²) in [6.45, 7) is -0.551. The molecular weight excluding hydrogens is 409 g/mol. The fourth-order valence-electron chi connectivity index (χ4n) is 3.82. The van der Waals surface area contributed by atoms with Crippen molar-refractivity contribution in [3.63, 3.8) is 0 Å². The van der Waals surface area contributed by atoms with Gasteiger partial charge >= 0.3 is 6.61 Å². The molecule has 1 fully saturated rings. The summed E-state index contributed by atoms with van der Waals surface area (Å²) in [4.78, 5) is 29.2. The Morgan fingerprint density at radius 2 is 1.81 bits per heavy atom. The molecule has 2 unspecified atom stereocenters. The van der Waals surface area contributed by atoms with Crippen molar-refractivity contribution in [2.45, 2.75) is 32.4 Å². The zero-order valence-corrected chi connectivity index (χ0v) is 17.4. The van der Waals surface area contributed by atoms with Gasteiger partial charge in [0.05, 0.1) is 17.5 Å². The summed E-state index contributed by atoms with van der Waals surface area (Å²) < 4.78 is 43.0. The number of amides is 2. The Bertz CT molecular complexity index is 921. The predicted molar refractivity (Wildman–Crippen MR) is 109 cm³/mol. The highest BCUT2D eigenvalue weighted by Crippen LogP contribution is 2.27. The van der Waals surface area contributed by atoms with Gasteiger partial charge in [0.15, 0.2) is 0 Å². The predicted octanol–water partition coefficient (Wildman–Crippen LogP) is 4.50. The van der Waals surface area contributed by atoms with Gasteiger partial charge in [0.1, 0.15) is 11.6 Å². The van der Waals surface area contributed by atoms with Crippen molar-refractivity contribution < 1.29 is 27.5 Å². The second-order valence-electron chi connectivity index (χ2n) is 7.64. The first-order chi connectivity index (χ1) is 14.8. The molecule has 0 spiro atoms. The van der Waals surface area contributed by atoms with Crippen LogP contribution in [0, 0.1) is 11.7 Å². The monoisotopic (exact) mass is 434 g/mol. The summed E-state index contributed by atoms with van der Waals surface area (Å²) in [5, 5.41) is 0. The standard InChI is InChI=1S/C23H25F3N2O3/c1-15(16-9-11-18(24)12-10-16)27(2)21(29)17-6-5-13-28(14-17)22(30)19-7-3-4-8-20(19)31-23(25)26/h3-4,7-12,15,17,23H,5-6,13-14H2,1-2H3. The molecule has 2 aromatic carbocycles. The summed E-state index contributed by atoms with van der Waals surface area (Å²) in [5.74, 6) is -1.50. The van der Waals surface area contributed by atoms with Crippen LogP contribution >= 0.6 is 0 Å². The minimum absolute atomic E-state index is 0.0453. The Morgan fingerprint density at radius 1 is 1.13 bits per heavy atom. The van der Waals surface area contributed by atoms with E-state index in [0.29, 0.717) is 19.4 Å². The second kappa shape index (κ2) is 9.85. The number of likely N-dealkylation sites (tertiary alicyclic amines) is 1. The molecular formula is C23H25F3N2O3. The first-order valence-electron chi connectivity index (χ1n) is 10.1. The number of hydrogen-bond donors (Lipinski definition) is 0. The molecule has 1 heterocycles. The van der Waals surface area contributed by atoms with Crippen molar-refractivity contribution >= 4 is 11.8 Å². The Hall–Kier alpha value is -3.03. The number of rotatable bonds is 6. The lowest BCUT2D eigenvalue weighted by Crippen LogP contribution is -2.46. The Kier molecular flexibility index (Phi) is 7.20. The van der Waals surface area contributed by atoms with Gasteiger partial charge in [-0.05, 0) is 49.6 Å². The molecule has 31 heavy (non-hydrogen) atoms. The maximum atomic E-state index is 13.2. The third-order valence-electron chi connectivity index (χ3n) is 5.67. The summed E-state index contributed by atoms with van der Waals surface area (Å²) in [7, 11) is 1.68. The van der Waals surface area contributed by atoms with Crippen LogP contribution in [0.15, 0.2) is 48.5 Å². The topological polar surface area (TPSA) is 49.9 Å². The van der Waals surface area contributed by atoms with Crippen LogP contribution in [0.5, 0.6) is 5.75 Å². The van der Waals surface area contributed by atoms with Crippen LogP contribution in [0.2, 0.25) is 0 Å². The number of carbonyl (C=O) groups is 2. The van der Waals surface area contributed by atoms with Gasteiger partial charge in [-0.15, -0.1) is 0 Å². The third kappa shape index (κ3) is 5.37. The van der Waals surface area contributed by atoms with Crippen LogP contribution in [-0.4, -0.2) is 48.4 Å². The van der Waals surface area contributed by atoms with Gasteiger partial charge in [-0.25, -0.2) is 4.39 Å². The maximum absolute atomic E-state index is 13.2. The van der Waals surface area contributed by atoms with Crippen LogP contribution in [-0.2, 0) is 4.79 Å². The van der Waals surface area contributed by atoms with Gasteiger partial charge in [-0.3, -0.25) is 9.59 Å². The number of hydrogen-bond acceptors (Lipinski definition) is 3. The Labute approximate surface area is 179 Å². The van der Waals surface area contributed by atoms with Crippen LogP contribution in [0.4, 0.5) is 13.2 Å².